The van der Waals surface area contributed by atoms with Crippen molar-refractivity contribution in [1.29, 1.82) is 0 Å². The van der Waals surface area contributed by atoms with Crippen molar-refractivity contribution in [3.05, 3.63) is 0 Å². The van der Waals surface area contributed by atoms with Gasteiger partial charge < -0.3 is 0 Å². The second-order valence-electron chi connectivity index (χ2n) is 4.44. The number of hydrogen-bond donors (Lipinski definition) is 0. The molecule has 93 valence electrons. The van der Waals surface area contributed by atoms with Crippen molar-refractivity contribution in [3.63, 3.8) is 0 Å². The van der Waals surface area contributed by atoms with Crippen LogP contribution in [-0.4, -0.2) is 12.1 Å². The van der Waals surface area contributed by atoms with Gasteiger partial charge in [-0.05, 0) is 12.8 Å². The zero-order valence-electron chi connectivity index (χ0n) is 10.8. The van der Waals surface area contributed by atoms with Crippen molar-refractivity contribution in [2.75, 3.05) is 0 Å². The van der Waals surface area contributed by atoms with Crippen molar-refractivity contribution in [1.82, 2.24) is 0 Å². The van der Waals surface area contributed by atoms with Crippen LogP contribution in [0.3, 0.4) is 0 Å². The van der Waals surface area contributed by atoms with E-state index in [4.69, 9.17) is 0 Å². The van der Waals surface area contributed by atoms with Crippen LogP contribution in [0.1, 0.15) is 71.6 Å². The lowest BCUT2D eigenvalue weighted by atomic mass is 9.95. The summed E-state index contributed by atoms with van der Waals surface area (Å²) >= 11 is 0. The number of carbonyl (C=O) groups excluding carboxylic acids is 2. The Hall–Kier alpha value is -0.660. The molecule has 2 nitrogen and oxygen atoms in total. The van der Waals surface area contributed by atoms with E-state index in [0.29, 0.717) is 12.8 Å². The van der Waals surface area contributed by atoms with Gasteiger partial charge in [-0.25, -0.2) is 0 Å². The van der Waals surface area contributed by atoms with Gasteiger partial charge in [0, 0.05) is 6.42 Å². The maximum Gasteiger partial charge on any atom is 0.209 e. The summed E-state index contributed by atoms with van der Waals surface area (Å²) in [4.78, 5) is 22.3. The predicted molar refractivity (Wildman–Crippen MR) is 67.1 cm³/mol. The predicted octanol–water partition coefficient (Wildman–Crippen LogP) is 3.83. The molecule has 0 aromatic carbocycles. The van der Waals surface area contributed by atoms with Gasteiger partial charge >= 0.3 is 0 Å². The van der Waals surface area contributed by atoms with Gasteiger partial charge in [0.1, 0.15) is 5.78 Å². The minimum Gasteiger partial charge on any atom is -0.299 e. The van der Waals surface area contributed by atoms with E-state index in [2.05, 4.69) is 13.8 Å². The molecule has 0 N–H and O–H groups in total. The molecule has 2 heteroatoms. The van der Waals surface area contributed by atoms with Crippen LogP contribution in [0.5, 0.6) is 0 Å². The summed E-state index contributed by atoms with van der Waals surface area (Å²) in [6, 6.07) is 0. The zero-order valence-corrected chi connectivity index (χ0v) is 10.8. The summed E-state index contributed by atoms with van der Waals surface area (Å²) in [6.45, 7) is 4.24. The molecule has 0 fully saturated rings. The molecule has 0 aliphatic rings. The van der Waals surface area contributed by atoms with Crippen LogP contribution in [0.15, 0.2) is 0 Å². The highest BCUT2D eigenvalue weighted by Gasteiger charge is 2.16. The van der Waals surface area contributed by atoms with Crippen molar-refractivity contribution in [2.24, 2.45) is 5.92 Å². The van der Waals surface area contributed by atoms with Crippen LogP contribution in [0.2, 0.25) is 0 Å². The Kier molecular flexibility index (Phi) is 10.4. The Labute approximate surface area is 99.8 Å². The van der Waals surface area contributed by atoms with Crippen LogP contribution in [-0.2, 0) is 9.59 Å². The maximum absolute atomic E-state index is 11.7. The Bertz CT molecular complexity index is 187. The minimum absolute atomic E-state index is 0.0972. The fraction of sp³-hybridized carbons (Fsp3) is 0.857. The van der Waals surface area contributed by atoms with Crippen LogP contribution in [0.25, 0.3) is 0 Å². The number of unbranched alkanes of at least 4 members (excludes halogenated alkanes) is 5. The van der Waals surface area contributed by atoms with Gasteiger partial charge in [0.15, 0.2) is 0 Å². The molecule has 1 radical (unpaired) electrons. The molecule has 0 aromatic heterocycles. The molecule has 16 heavy (non-hydrogen) atoms. The average molecular weight is 225 g/mol. The molecule has 0 spiro atoms. The van der Waals surface area contributed by atoms with Crippen LogP contribution < -0.4 is 0 Å². The largest absolute Gasteiger partial charge is 0.299 e. The quantitative estimate of drug-likeness (QED) is 0.395. The smallest absolute Gasteiger partial charge is 0.209 e. The van der Waals surface area contributed by atoms with Gasteiger partial charge in [-0.3, -0.25) is 9.59 Å². The standard InChI is InChI=1S/C14H25O2/c1-3-5-7-8-9-11-14(16)13(12-15)10-6-4-2/h13H,3-11H2,1-2H3. The van der Waals surface area contributed by atoms with Gasteiger partial charge in [-0.15, -0.1) is 0 Å². The van der Waals surface area contributed by atoms with Gasteiger partial charge in [-0.1, -0.05) is 52.4 Å². The third-order valence-electron chi connectivity index (χ3n) is 2.90. The van der Waals surface area contributed by atoms with Crippen LogP contribution in [0, 0.1) is 5.92 Å². The van der Waals surface area contributed by atoms with Gasteiger partial charge in [-0.2, -0.15) is 0 Å². The monoisotopic (exact) mass is 225 g/mol. The molecule has 0 saturated carbocycles. The molecule has 0 aliphatic carbocycles. The summed E-state index contributed by atoms with van der Waals surface area (Å²) in [7, 11) is 0. The average Bonchev–Trinajstić information content (AvgIpc) is 2.30. The summed E-state index contributed by atoms with van der Waals surface area (Å²) in [5.41, 5.74) is 0. The first-order valence-electron chi connectivity index (χ1n) is 6.66. The zero-order chi connectivity index (χ0) is 12.2. The first kappa shape index (κ1) is 15.3. The highest BCUT2D eigenvalue weighted by atomic mass is 16.1. The fourth-order valence-electron chi connectivity index (χ4n) is 1.77. The summed E-state index contributed by atoms with van der Waals surface area (Å²) < 4.78 is 0. The lowest BCUT2D eigenvalue weighted by Crippen LogP contribution is -2.15. The van der Waals surface area contributed by atoms with E-state index < -0.39 is 5.92 Å². The molecule has 0 aliphatic heterocycles. The first-order valence-corrected chi connectivity index (χ1v) is 6.66. The second-order valence-corrected chi connectivity index (χ2v) is 4.44. The third kappa shape index (κ3) is 7.61. The molecule has 1 atom stereocenters. The first-order chi connectivity index (χ1) is 7.76. The molecule has 0 amide bonds. The van der Waals surface area contributed by atoms with Crippen molar-refractivity contribution < 1.29 is 9.59 Å². The molecule has 0 aromatic rings. The molecule has 0 rings (SSSR count). The van der Waals surface area contributed by atoms with E-state index in [9.17, 15) is 9.59 Å². The highest BCUT2D eigenvalue weighted by molar-refractivity contribution is 5.93. The second kappa shape index (κ2) is 10.8. The SMILES string of the molecule is CCCCCCCC(=O)C([C]=O)CCCC. The van der Waals surface area contributed by atoms with Crippen LogP contribution >= 0.6 is 0 Å². The van der Waals surface area contributed by atoms with E-state index in [-0.39, 0.29) is 5.78 Å². The Morgan fingerprint density at radius 1 is 1.00 bits per heavy atom. The maximum atomic E-state index is 11.7. The topological polar surface area (TPSA) is 34.1 Å². The van der Waals surface area contributed by atoms with E-state index in [1.54, 1.807) is 0 Å². The number of carbonyl (C=O) groups is 1. The molecular weight excluding hydrogens is 200 g/mol. The number of rotatable bonds is 11. The number of hydrogen-bond acceptors (Lipinski definition) is 2. The number of Topliss-reactive ketones (excluding diaryl/α,β-unsaturated/α-hetero) is 1. The fourth-order valence-corrected chi connectivity index (χ4v) is 1.77. The van der Waals surface area contributed by atoms with Crippen LogP contribution in [0.4, 0.5) is 0 Å². The lowest BCUT2D eigenvalue weighted by Gasteiger charge is -2.07. The highest BCUT2D eigenvalue weighted by Crippen LogP contribution is 2.13. The molecule has 0 bridgehead atoms. The molecule has 0 saturated heterocycles. The van der Waals surface area contributed by atoms with E-state index >= 15 is 0 Å². The Balaban J connectivity index is 3.62. The normalized spacial score (nSPS) is 12.4. The van der Waals surface area contributed by atoms with Crippen molar-refractivity contribution in [2.45, 2.75) is 71.6 Å². The molecule has 1 unspecified atom stereocenters. The molecular formula is C14H25O2. The van der Waals surface area contributed by atoms with E-state index in [0.717, 1.165) is 25.7 Å². The van der Waals surface area contributed by atoms with Gasteiger partial charge in [0.2, 0.25) is 6.29 Å². The Morgan fingerprint density at radius 3 is 2.19 bits per heavy atom. The summed E-state index contributed by atoms with van der Waals surface area (Å²) in [6.07, 6.45) is 10.8. The third-order valence-corrected chi connectivity index (χ3v) is 2.90. The van der Waals surface area contributed by atoms with Crippen molar-refractivity contribution >= 4 is 12.1 Å². The minimum atomic E-state index is -0.453. The summed E-state index contributed by atoms with van der Waals surface area (Å²) in [5.74, 6) is -0.355. The van der Waals surface area contributed by atoms with Crippen molar-refractivity contribution in [3.8, 4) is 0 Å². The summed E-state index contributed by atoms with van der Waals surface area (Å²) in [5, 5.41) is 0. The number of ketones is 1. The molecule has 0 heterocycles. The van der Waals surface area contributed by atoms with Gasteiger partial charge in [0.05, 0.1) is 5.92 Å². The Morgan fingerprint density at radius 2 is 1.62 bits per heavy atom. The van der Waals surface area contributed by atoms with Gasteiger partial charge in [0.25, 0.3) is 0 Å². The van der Waals surface area contributed by atoms with E-state index in [1.807, 2.05) is 6.29 Å². The lowest BCUT2D eigenvalue weighted by molar-refractivity contribution is -0.121. The van der Waals surface area contributed by atoms with E-state index in [1.165, 1.54) is 19.3 Å².